The zero-order valence-corrected chi connectivity index (χ0v) is 14.6. The van der Waals surface area contributed by atoms with Crippen molar-refractivity contribution in [2.45, 2.75) is 13.8 Å². The Morgan fingerprint density at radius 1 is 1.19 bits per heavy atom. The maximum atomic E-state index is 12.2. The molecule has 0 unspecified atom stereocenters. The molecule has 134 valence electrons. The third-order valence-corrected chi connectivity index (χ3v) is 3.94. The number of amides is 2. The molecule has 9 heteroatoms. The number of nitrogens with one attached hydrogen (secondary N) is 2. The summed E-state index contributed by atoms with van der Waals surface area (Å²) in [7, 11) is 1.80. The summed E-state index contributed by atoms with van der Waals surface area (Å²) in [4.78, 5) is 24.3. The van der Waals surface area contributed by atoms with Crippen molar-refractivity contribution in [1.82, 2.24) is 25.3 Å². The van der Waals surface area contributed by atoms with E-state index in [0.29, 0.717) is 22.7 Å². The first-order valence-electron chi connectivity index (χ1n) is 7.90. The largest absolute Gasteiger partial charge is 0.423 e. The number of benzene rings is 1. The van der Waals surface area contributed by atoms with Crippen LogP contribution in [0, 0.1) is 13.8 Å². The Balaban J connectivity index is 1.57. The highest BCUT2D eigenvalue weighted by Crippen LogP contribution is 2.18. The Morgan fingerprint density at radius 3 is 2.50 bits per heavy atom. The van der Waals surface area contributed by atoms with Crippen LogP contribution >= 0.6 is 0 Å². The second-order valence-corrected chi connectivity index (χ2v) is 5.72. The fraction of sp³-hybridized carbons (Fsp3) is 0.235. The van der Waals surface area contributed by atoms with E-state index < -0.39 is 0 Å². The molecule has 0 bridgehead atoms. The molecule has 3 aromatic rings. The monoisotopic (exact) mass is 354 g/mol. The lowest BCUT2D eigenvalue weighted by molar-refractivity contribution is -0.115. The minimum Gasteiger partial charge on any atom is -0.423 e. The van der Waals surface area contributed by atoms with Gasteiger partial charge in [-0.05, 0) is 38.1 Å². The minimum absolute atomic E-state index is 0.141. The molecule has 0 radical (unpaired) electrons. The van der Waals surface area contributed by atoms with Gasteiger partial charge in [0.05, 0.1) is 23.6 Å². The van der Waals surface area contributed by atoms with Crippen molar-refractivity contribution in [1.29, 1.82) is 0 Å². The summed E-state index contributed by atoms with van der Waals surface area (Å²) < 4.78 is 6.78. The summed E-state index contributed by atoms with van der Waals surface area (Å²) in [5, 5.41) is 17.0. The molecule has 26 heavy (non-hydrogen) atoms. The van der Waals surface area contributed by atoms with Crippen molar-refractivity contribution in [3.8, 4) is 11.5 Å². The number of rotatable bonds is 5. The molecule has 0 fully saturated rings. The lowest BCUT2D eigenvalue weighted by Crippen LogP contribution is -2.33. The van der Waals surface area contributed by atoms with Crippen molar-refractivity contribution in [2.75, 3.05) is 11.9 Å². The Bertz CT molecular complexity index is 928. The van der Waals surface area contributed by atoms with E-state index in [-0.39, 0.29) is 18.4 Å². The Labute approximate surface area is 149 Å². The van der Waals surface area contributed by atoms with Gasteiger partial charge in [-0.2, -0.15) is 5.10 Å². The van der Waals surface area contributed by atoms with Gasteiger partial charge in [0.2, 0.25) is 18.2 Å². The summed E-state index contributed by atoms with van der Waals surface area (Å²) in [6.45, 7) is 3.53. The summed E-state index contributed by atoms with van der Waals surface area (Å²) in [5.74, 6) is -0.296. The van der Waals surface area contributed by atoms with Gasteiger partial charge in [-0.25, -0.2) is 0 Å². The summed E-state index contributed by atoms with van der Waals surface area (Å²) in [6, 6.07) is 6.65. The molecule has 2 amide bonds. The van der Waals surface area contributed by atoms with Crippen molar-refractivity contribution in [3.05, 3.63) is 47.6 Å². The SMILES string of the molecule is Cc1nn(C)c(C)c1NC(=O)CNC(=O)c1ccc(-c2nnco2)cc1. The fourth-order valence-corrected chi connectivity index (χ4v) is 2.46. The molecule has 0 aliphatic carbocycles. The standard InChI is InChI=1S/C17H18N6O3/c1-10-15(11(2)23(3)22-10)20-14(24)8-18-16(25)12-4-6-13(7-5-12)17-21-19-9-26-17/h4-7,9H,8H2,1-3H3,(H,18,25)(H,20,24). The lowest BCUT2D eigenvalue weighted by atomic mass is 10.1. The van der Waals surface area contributed by atoms with E-state index in [1.807, 2.05) is 13.8 Å². The van der Waals surface area contributed by atoms with Crippen molar-refractivity contribution < 1.29 is 14.0 Å². The highest BCUT2D eigenvalue weighted by atomic mass is 16.4. The molecule has 2 N–H and O–H groups in total. The van der Waals surface area contributed by atoms with Crippen LogP contribution in [0.4, 0.5) is 5.69 Å². The first-order valence-corrected chi connectivity index (χ1v) is 7.90. The van der Waals surface area contributed by atoms with Crippen LogP contribution in [0.15, 0.2) is 35.1 Å². The van der Waals surface area contributed by atoms with Crippen LogP contribution in [-0.4, -0.2) is 38.3 Å². The van der Waals surface area contributed by atoms with Crippen LogP contribution in [0.2, 0.25) is 0 Å². The molecule has 0 saturated carbocycles. The van der Waals surface area contributed by atoms with Gasteiger partial charge < -0.3 is 15.1 Å². The summed E-state index contributed by atoms with van der Waals surface area (Å²) in [5.41, 5.74) is 3.37. The highest BCUT2D eigenvalue weighted by molar-refractivity contribution is 5.99. The van der Waals surface area contributed by atoms with Crippen molar-refractivity contribution >= 4 is 17.5 Å². The summed E-state index contributed by atoms with van der Waals surface area (Å²) in [6.07, 6.45) is 1.24. The van der Waals surface area contributed by atoms with E-state index in [1.165, 1.54) is 6.39 Å². The van der Waals surface area contributed by atoms with E-state index in [2.05, 4.69) is 25.9 Å². The van der Waals surface area contributed by atoms with Gasteiger partial charge in [0.15, 0.2) is 0 Å². The van der Waals surface area contributed by atoms with Crippen LogP contribution in [0.5, 0.6) is 0 Å². The molecule has 2 aromatic heterocycles. The van der Waals surface area contributed by atoms with Gasteiger partial charge >= 0.3 is 0 Å². The van der Waals surface area contributed by atoms with Crippen molar-refractivity contribution in [3.63, 3.8) is 0 Å². The molecule has 2 heterocycles. The number of carbonyl (C=O) groups excluding carboxylic acids is 2. The molecule has 1 aromatic carbocycles. The van der Waals surface area contributed by atoms with Crippen LogP contribution in [-0.2, 0) is 11.8 Å². The fourth-order valence-electron chi connectivity index (χ4n) is 2.46. The van der Waals surface area contributed by atoms with Crippen LogP contribution in [0.1, 0.15) is 21.7 Å². The smallest absolute Gasteiger partial charge is 0.251 e. The average Bonchev–Trinajstić information content (AvgIpc) is 3.25. The number of nitrogens with zero attached hydrogens (tertiary/aromatic N) is 4. The average molecular weight is 354 g/mol. The molecule has 0 spiro atoms. The Hall–Kier alpha value is -3.49. The quantitative estimate of drug-likeness (QED) is 0.717. The molecular weight excluding hydrogens is 336 g/mol. The van der Waals surface area contributed by atoms with Gasteiger partial charge in [0, 0.05) is 18.2 Å². The molecule has 0 atom stereocenters. The number of aromatic nitrogens is 4. The molecule has 3 rings (SSSR count). The van der Waals surface area contributed by atoms with Crippen molar-refractivity contribution in [2.24, 2.45) is 7.05 Å². The second kappa shape index (κ2) is 7.18. The highest BCUT2D eigenvalue weighted by Gasteiger charge is 2.14. The van der Waals surface area contributed by atoms with E-state index >= 15 is 0 Å². The molecular formula is C17H18N6O3. The van der Waals surface area contributed by atoms with Crippen LogP contribution in [0.25, 0.3) is 11.5 Å². The van der Waals surface area contributed by atoms with E-state index in [4.69, 9.17) is 4.42 Å². The maximum Gasteiger partial charge on any atom is 0.251 e. The second-order valence-electron chi connectivity index (χ2n) is 5.72. The number of carbonyl (C=O) groups is 2. The van der Waals surface area contributed by atoms with Crippen LogP contribution in [0.3, 0.4) is 0 Å². The zero-order valence-electron chi connectivity index (χ0n) is 14.6. The third-order valence-electron chi connectivity index (χ3n) is 3.94. The van der Waals surface area contributed by atoms with Gasteiger partial charge in [0.25, 0.3) is 5.91 Å². The molecule has 0 aliphatic heterocycles. The maximum absolute atomic E-state index is 12.2. The van der Waals surface area contributed by atoms with Crippen LogP contribution < -0.4 is 10.6 Å². The first kappa shape index (κ1) is 17.3. The topological polar surface area (TPSA) is 115 Å². The van der Waals surface area contributed by atoms with Gasteiger partial charge in [0.1, 0.15) is 0 Å². The first-order chi connectivity index (χ1) is 12.5. The lowest BCUT2D eigenvalue weighted by Gasteiger charge is -2.08. The Kier molecular flexibility index (Phi) is 4.78. The minimum atomic E-state index is -0.350. The number of aryl methyl sites for hydroxylation is 2. The zero-order chi connectivity index (χ0) is 18.7. The summed E-state index contributed by atoms with van der Waals surface area (Å²) >= 11 is 0. The Morgan fingerprint density at radius 2 is 1.92 bits per heavy atom. The molecule has 9 nitrogen and oxygen atoms in total. The molecule has 0 saturated heterocycles. The number of hydrogen-bond donors (Lipinski definition) is 2. The number of hydrogen-bond acceptors (Lipinski definition) is 6. The predicted octanol–water partition coefficient (Wildman–Crippen LogP) is 1.46. The normalized spacial score (nSPS) is 10.6. The molecule has 0 aliphatic rings. The van der Waals surface area contributed by atoms with E-state index in [0.717, 1.165) is 11.4 Å². The van der Waals surface area contributed by atoms with E-state index in [1.54, 1.807) is 36.0 Å². The third kappa shape index (κ3) is 3.61. The van der Waals surface area contributed by atoms with Gasteiger partial charge in [-0.1, -0.05) is 0 Å². The predicted molar refractivity (Wildman–Crippen MR) is 93.4 cm³/mol. The number of anilines is 1. The van der Waals surface area contributed by atoms with Gasteiger partial charge in [-0.15, -0.1) is 10.2 Å². The van der Waals surface area contributed by atoms with E-state index in [9.17, 15) is 9.59 Å². The van der Waals surface area contributed by atoms with Gasteiger partial charge in [-0.3, -0.25) is 14.3 Å².